The number of anilines is 1. The van der Waals surface area contributed by atoms with Crippen LogP contribution in [-0.2, 0) is 11.3 Å². The molecule has 1 unspecified atom stereocenters. The predicted molar refractivity (Wildman–Crippen MR) is 104 cm³/mol. The van der Waals surface area contributed by atoms with Gasteiger partial charge in [-0.2, -0.15) is 0 Å². The Hall–Kier alpha value is -2.13. The van der Waals surface area contributed by atoms with Gasteiger partial charge in [-0.3, -0.25) is 9.69 Å². The van der Waals surface area contributed by atoms with E-state index in [9.17, 15) is 4.79 Å². The molecule has 1 heterocycles. The van der Waals surface area contributed by atoms with Gasteiger partial charge in [0, 0.05) is 44.2 Å². The number of nitrogens with one attached hydrogen (secondary N) is 1. The van der Waals surface area contributed by atoms with Crippen molar-refractivity contribution in [1.29, 1.82) is 0 Å². The lowest BCUT2D eigenvalue weighted by molar-refractivity contribution is -0.126. The van der Waals surface area contributed by atoms with Gasteiger partial charge in [0.25, 0.3) is 0 Å². The molecule has 0 radical (unpaired) electrons. The van der Waals surface area contributed by atoms with Gasteiger partial charge in [0.05, 0.1) is 0 Å². The molecule has 1 saturated heterocycles. The summed E-state index contributed by atoms with van der Waals surface area (Å²) in [5, 5.41) is 3.44. The van der Waals surface area contributed by atoms with Crippen LogP contribution in [0.15, 0.2) is 60.7 Å². The molecule has 0 bridgehead atoms. The van der Waals surface area contributed by atoms with Crippen LogP contribution in [0, 0.1) is 5.92 Å². The summed E-state index contributed by atoms with van der Waals surface area (Å²) < 4.78 is 0. The van der Waals surface area contributed by atoms with Crippen LogP contribution in [0.5, 0.6) is 0 Å². The normalized spacial score (nSPS) is 18.2. The van der Waals surface area contributed by atoms with Crippen molar-refractivity contribution in [2.75, 3.05) is 25.0 Å². The second-order valence-electron chi connectivity index (χ2n) is 6.92. The summed E-state index contributed by atoms with van der Waals surface area (Å²) in [6.07, 6.45) is 3.94. The minimum absolute atomic E-state index is 0.217. The number of carbonyl (C=O) groups excluding carboxylic acids is 1. The topological polar surface area (TPSA) is 32.3 Å². The number of unbranched alkanes of at least 4 members (excludes halogenated alkanes) is 1. The summed E-state index contributed by atoms with van der Waals surface area (Å²) in [5.74, 6) is 0.675. The van der Waals surface area contributed by atoms with Crippen molar-refractivity contribution in [2.24, 2.45) is 5.92 Å². The van der Waals surface area contributed by atoms with Crippen LogP contribution in [0.1, 0.15) is 31.2 Å². The molecule has 0 saturated carbocycles. The van der Waals surface area contributed by atoms with Gasteiger partial charge in [0.1, 0.15) is 5.78 Å². The first-order valence-corrected chi connectivity index (χ1v) is 9.39. The lowest BCUT2D eigenvalue weighted by Crippen LogP contribution is -2.40. The van der Waals surface area contributed by atoms with Gasteiger partial charge in [-0.25, -0.2) is 0 Å². The number of Topliss-reactive ketones (excluding diaryl/α,β-unsaturated/α-hetero) is 1. The van der Waals surface area contributed by atoms with Crippen molar-refractivity contribution in [1.82, 2.24) is 4.90 Å². The van der Waals surface area contributed by atoms with Crippen LogP contribution < -0.4 is 5.32 Å². The fraction of sp³-hybridized carbons (Fsp3) is 0.409. The highest BCUT2D eigenvalue weighted by molar-refractivity contribution is 5.82. The molecule has 0 spiro atoms. The molecule has 1 atom stereocenters. The van der Waals surface area contributed by atoms with Crippen molar-refractivity contribution in [3.05, 3.63) is 66.2 Å². The molecule has 0 aromatic heterocycles. The Labute approximate surface area is 151 Å². The molecule has 132 valence electrons. The molecular weight excluding hydrogens is 308 g/mol. The second-order valence-corrected chi connectivity index (χ2v) is 6.92. The quantitative estimate of drug-likeness (QED) is 0.727. The summed E-state index contributed by atoms with van der Waals surface area (Å²) in [5.41, 5.74) is 2.51. The zero-order chi connectivity index (χ0) is 17.3. The van der Waals surface area contributed by atoms with E-state index in [0.717, 1.165) is 45.4 Å². The number of carbonyl (C=O) groups is 1. The highest BCUT2D eigenvalue weighted by Crippen LogP contribution is 2.20. The number of hydrogen-bond acceptors (Lipinski definition) is 3. The third-order valence-electron chi connectivity index (χ3n) is 4.94. The molecule has 3 rings (SSSR count). The monoisotopic (exact) mass is 336 g/mol. The van der Waals surface area contributed by atoms with Gasteiger partial charge in [-0.15, -0.1) is 0 Å². The van der Waals surface area contributed by atoms with Crippen LogP contribution in [0.2, 0.25) is 0 Å². The van der Waals surface area contributed by atoms with Gasteiger partial charge < -0.3 is 5.32 Å². The number of rotatable bonds is 8. The maximum atomic E-state index is 12.2. The molecule has 2 aromatic carbocycles. The molecule has 3 nitrogen and oxygen atoms in total. The Morgan fingerprint density at radius 1 is 0.960 bits per heavy atom. The first-order valence-electron chi connectivity index (χ1n) is 9.39. The van der Waals surface area contributed by atoms with Crippen LogP contribution in [0.25, 0.3) is 0 Å². The molecule has 0 amide bonds. The number of benzene rings is 2. The molecule has 1 N–H and O–H groups in total. The lowest BCUT2D eigenvalue weighted by Gasteiger charge is -2.31. The summed E-state index contributed by atoms with van der Waals surface area (Å²) in [6, 6.07) is 20.9. The Morgan fingerprint density at radius 3 is 2.44 bits per heavy atom. The van der Waals surface area contributed by atoms with E-state index in [1.165, 1.54) is 11.3 Å². The Morgan fingerprint density at radius 2 is 1.68 bits per heavy atom. The smallest absolute Gasteiger partial charge is 0.138 e. The minimum Gasteiger partial charge on any atom is -0.385 e. The molecule has 2 aromatic rings. The van der Waals surface area contributed by atoms with Gasteiger partial charge in [-0.1, -0.05) is 55.0 Å². The fourth-order valence-corrected chi connectivity index (χ4v) is 3.52. The third kappa shape index (κ3) is 5.71. The van der Waals surface area contributed by atoms with E-state index in [4.69, 9.17) is 0 Å². The van der Waals surface area contributed by atoms with Crippen LogP contribution in [0.3, 0.4) is 0 Å². The van der Waals surface area contributed by atoms with Gasteiger partial charge in [0.15, 0.2) is 0 Å². The Bertz CT molecular complexity index is 642. The molecule has 25 heavy (non-hydrogen) atoms. The van der Waals surface area contributed by atoms with Crippen molar-refractivity contribution in [3.63, 3.8) is 0 Å². The second kappa shape index (κ2) is 9.38. The average molecular weight is 336 g/mol. The third-order valence-corrected chi connectivity index (χ3v) is 4.94. The maximum Gasteiger partial charge on any atom is 0.138 e. The van der Waals surface area contributed by atoms with E-state index >= 15 is 0 Å². The van der Waals surface area contributed by atoms with E-state index in [0.29, 0.717) is 12.2 Å². The van der Waals surface area contributed by atoms with Crippen LogP contribution in [0.4, 0.5) is 5.69 Å². The van der Waals surface area contributed by atoms with Gasteiger partial charge in [-0.05, 0) is 30.5 Å². The fourth-order valence-electron chi connectivity index (χ4n) is 3.52. The zero-order valence-corrected chi connectivity index (χ0v) is 14.9. The molecule has 1 aliphatic heterocycles. The number of para-hydroxylation sites is 1. The first kappa shape index (κ1) is 17.7. The number of hydrogen-bond donors (Lipinski definition) is 1. The van der Waals surface area contributed by atoms with E-state index in [-0.39, 0.29) is 5.92 Å². The van der Waals surface area contributed by atoms with Crippen molar-refractivity contribution >= 4 is 11.5 Å². The number of ketones is 1. The largest absolute Gasteiger partial charge is 0.385 e. The molecule has 3 heteroatoms. The highest BCUT2D eigenvalue weighted by Gasteiger charge is 2.26. The summed E-state index contributed by atoms with van der Waals surface area (Å²) in [6.45, 7) is 3.75. The van der Waals surface area contributed by atoms with Gasteiger partial charge >= 0.3 is 0 Å². The average Bonchev–Trinajstić information content (AvgIpc) is 2.65. The van der Waals surface area contributed by atoms with Crippen LogP contribution >= 0.6 is 0 Å². The van der Waals surface area contributed by atoms with Crippen molar-refractivity contribution in [3.8, 4) is 0 Å². The maximum absolute atomic E-state index is 12.2. The molecule has 1 aliphatic rings. The molecule has 0 aliphatic carbocycles. The van der Waals surface area contributed by atoms with Crippen molar-refractivity contribution in [2.45, 2.75) is 32.2 Å². The van der Waals surface area contributed by atoms with E-state index < -0.39 is 0 Å². The summed E-state index contributed by atoms with van der Waals surface area (Å²) in [7, 11) is 0. The van der Waals surface area contributed by atoms with E-state index in [2.05, 4.69) is 52.7 Å². The lowest BCUT2D eigenvalue weighted by atomic mass is 9.91. The highest BCUT2D eigenvalue weighted by atomic mass is 16.1. The first-order chi connectivity index (χ1) is 12.3. The van der Waals surface area contributed by atoms with Crippen LogP contribution in [-0.4, -0.2) is 30.3 Å². The summed E-state index contributed by atoms with van der Waals surface area (Å²) in [4.78, 5) is 14.7. The predicted octanol–water partition coefficient (Wildman–Crippen LogP) is 4.36. The number of piperidine rings is 1. The SMILES string of the molecule is O=C1CCN(Cc2ccccc2)CC1CCCCNc1ccccc1. The molecular formula is C22H28N2O. The molecule has 1 fully saturated rings. The minimum atomic E-state index is 0.217. The van der Waals surface area contributed by atoms with Crippen molar-refractivity contribution < 1.29 is 4.79 Å². The Balaban J connectivity index is 1.38. The number of nitrogens with zero attached hydrogens (tertiary/aromatic N) is 1. The zero-order valence-electron chi connectivity index (χ0n) is 14.9. The van der Waals surface area contributed by atoms with E-state index in [1.807, 2.05) is 18.2 Å². The van der Waals surface area contributed by atoms with Gasteiger partial charge in [0.2, 0.25) is 0 Å². The van der Waals surface area contributed by atoms with E-state index in [1.54, 1.807) is 0 Å². The standard InChI is InChI=1S/C22H28N2O/c25-22-14-16-24(17-19-9-3-1-4-10-19)18-20(22)11-7-8-15-23-21-12-5-2-6-13-21/h1-6,9-10,12-13,20,23H,7-8,11,14-18H2. The summed E-state index contributed by atoms with van der Waals surface area (Å²) >= 11 is 0. The Kier molecular flexibility index (Phi) is 6.63. The number of likely N-dealkylation sites (tertiary alicyclic amines) is 1.